The summed E-state index contributed by atoms with van der Waals surface area (Å²) < 4.78 is 7.89. The molecule has 9 nitrogen and oxygen atoms in total. The number of likely N-dealkylation sites (tertiary alicyclic amines) is 2. The van der Waals surface area contributed by atoms with E-state index in [0.29, 0.717) is 58.0 Å². The summed E-state index contributed by atoms with van der Waals surface area (Å²) in [6.45, 7) is 4.87. The quantitative estimate of drug-likeness (QED) is 0.416. The molecule has 2 aromatic rings. The molecule has 0 aromatic heterocycles. The van der Waals surface area contributed by atoms with Crippen LogP contribution in [-0.2, 0) is 22.4 Å². The Morgan fingerprint density at radius 2 is 1.60 bits per heavy atom. The number of nitrogens with zero attached hydrogens (tertiary/aromatic N) is 4. The van der Waals surface area contributed by atoms with Crippen LogP contribution in [0.2, 0.25) is 0 Å². The first-order valence-corrected chi connectivity index (χ1v) is 16.7. The van der Waals surface area contributed by atoms with Crippen LogP contribution in [0.4, 0.5) is 15.3 Å². The Kier molecular flexibility index (Phi) is 10.3. The van der Waals surface area contributed by atoms with Gasteiger partial charge in [0.25, 0.3) is 5.91 Å². The number of amides is 4. The first-order valence-electron chi connectivity index (χ1n) is 15.1. The number of urea groups is 1. The molecular weight excluding hydrogens is 678 g/mol. The van der Waals surface area contributed by atoms with Crippen molar-refractivity contribution in [1.29, 1.82) is 0 Å². The summed E-state index contributed by atoms with van der Waals surface area (Å²) in [5.74, 6) is -0.144. The van der Waals surface area contributed by atoms with E-state index in [1.807, 2.05) is 53.1 Å². The SMILES string of the molecule is Cc1c(Br)cc(C[C@@H](OC(=O)N2CCC(N3CCc4ccccc4NC3=O)CC2)C(=O)N2CCC(N(C)C)CC2)cc1Br. The van der Waals surface area contributed by atoms with Crippen LogP contribution in [0.25, 0.3) is 0 Å². The van der Waals surface area contributed by atoms with Gasteiger partial charge in [0.1, 0.15) is 0 Å². The minimum Gasteiger partial charge on any atom is -0.436 e. The summed E-state index contributed by atoms with van der Waals surface area (Å²) in [6, 6.07) is 12.3. The van der Waals surface area contributed by atoms with Crippen LogP contribution < -0.4 is 5.32 Å². The number of para-hydroxylation sites is 1. The predicted octanol–water partition coefficient (Wildman–Crippen LogP) is 5.67. The predicted molar refractivity (Wildman–Crippen MR) is 174 cm³/mol. The van der Waals surface area contributed by atoms with Gasteiger partial charge in [-0.2, -0.15) is 0 Å². The Balaban J connectivity index is 1.23. The molecule has 1 N–H and O–H groups in total. The molecule has 43 heavy (non-hydrogen) atoms. The molecule has 3 aliphatic heterocycles. The number of carbonyl (C=O) groups is 3. The Morgan fingerprint density at radius 3 is 2.26 bits per heavy atom. The number of ether oxygens (including phenoxy) is 1. The minimum absolute atomic E-state index is 0.0380. The lowest BCUT2D eigenvalue weighted by Gasteiger charge is -2.39. The second-order valence-corrected chi connectivity index (χ2v) is 13.7. The Morgan fingerprint density at radius 1 is 0.977 bits per heavy atom. The number of nitrogens with one attached hydrogen (secondary N) is 1. The van der Waals surface area contributed by atoms with E-state index in [-0.39, 0.29) is 18.0 Å². The zero-order valence-corrected chi connectivity index (χ0v) is 28.3. The highest BCUT2D eigenvalue weighted by Crippen LogP contribution is 2.29. The average Bonchev–Trinajstić information content (AvgIpc) is 3.17. The normalized spacial score (nSPS) is 19.1. The maximum atomic E-state index is 13.8. The van der Waals surface area contributed by atoms with Crippen molar-refractivity contribution in [2.45, 2.75) is 63.6 Å². The number of halogens is 2. The highest BCUT2D eigenvalue weighted by Gasteiger charge is 2.35. The van der Waals surface area contributed by atoms with Gasteiger partial charge >= 0.3 is 12.1 Å². The minimum atomic E-state index is -0.919. The topological polar surface area (TPSA) is 85.4 Å². The van der Waals surface area contributed by atoms with Gasteiger partial charge in [-0.05, 0) is 88.0 Å². The zero-order valence-electron chi connectivity index (χ0n) is 25.2. The fourth-order valence-electron chi connectivity index (χ4n) is 6.31. The molecule has 0 bridgehead atoms. The molecule has 0 aliphatic carbocycles. The summed E-state index contributed by atoms with van der Waals surface area (Å²) in [5, 5.41) is 3.05. The molecule has 0 spiro atoms. The average molecular weight is 720 g/mol. The molecule has 3 heterocycles. The van der Waals surface area contributed by atoms with E-state index < -0.39 is 12.2 Å². The number of hydrogen-bond acceptors (Lipinski definition) is 5. The van der Waals surface area contributed by atoms with E-state index >= 15 is 0 Å². The van der Waals surface area contributed by atoms with Crippen molar-refractivity contribution in [3.8, 4) is 0 Å². The fraction of sp³-hybridized carbons (Fsp3) is 0.531. The highest BCUT2D eigenvalue weighted by atomic mass is 79.9. The summed E-state index contributed by atoms with van der Waals surface area (Å²) in [4.78, 5) is 47.9. The van der Waals surface area contributed by atoms with Gasteiger partial charge in [0, 0.05) is 65.9 Å². The molecule has 0 unspecified atom stereocenters. The van der Waals surface area contributed by atoms with Crippen LogP contribution >= 0.6 is 31.9 Å². The highest BCUT2D eigenvalue weighted by molar-refractivity contribution is 9.11. The van der Waals surface area contributed by atoms with Gasteiger partial charge < -0.3 is 29.7 Å². The third kappa shape index (κ3) is 7.54. The van der Waals surface area contributed by atoms with E-state index in [4.69, 9.17) is 4.74 Å². The van der Waals surface area contributed by atoms with Crippen LogP contribution in [0.3, 0.4) is 0 Å². The van der Waals surface area contributed by atoms with Gasteiger partial charge in [-0.1, -0.05) is 50.1 Å². The molecule has 0 radical (unpaired) electrons. The van der Waals surface area contributed by atoms with Crippen LogP contribution in [0.1, 0.15) is 42.4 Å². The lowest BCUT2D eigenvalue weighted by molar-refractivity contribution is -0.142. The van der Waals surface area contributed by atoms with Gasteiger partial charge in [-0.25, -0.2) is 9.59 Å². The van der Waals surface area contributed by atoms with Crippen molar-refractivity contribution in [2.24, 2.45) is 0 Å². The number of piperidine rings is 2. The summed E-state index contributed by atoms with van der Waals surface area (Å²) >= 11 is 7.22. The maximum Gasteiger partial charge on any atom is 0.410 e. The van der Waals surface area contributed by atoms with Gasteiger partial charge in [-0.15, -0.1) is 0 Å². The van der Waals surface area contributed by atoms with E-state index in [0.717, 1.165) is 50.6 Å². The number of anilines is 1. The van der Waals surface area contributed by atoms with Crippen LogP contribution in [-0.4, -0.2) is 103 Å². The van der Waals surface area contributed by atoms with Gasteiger partial charge in [0.2, 0.25) is 0 Å². The molecule has 11 heteroatoms. The number of benzene rings is 2. The third-order valence-corrected chi connectivity index (χ3v) is 10.7. The fourth-order valence-corrected chi connectivity index (χ4v) is 7.59. The van der Waals surface area contributed by atoms with E-state index in [9.17, 15) is 14.4 Å². The molecule has 5 rings (SSSR count). The van der Waals surface area contributed by atoms with Crippen LogP contribution in [0, 0.1) is 6.92 Å². The second kappa shape index (κ2) is 14.0. The molecule has 2 fully saturated rings. The Labute approximate surface area is 271 Å². The van der Waals surface area contributed by atoms with E-state index in [1.165, 1.54) is 0 Å². The summed E-state index contributed by atoms with van der Waals surface area (Å²) in [6.07, 6.45) is 2.79. The van der Waals surface area contributed by atoms with Crippen LogP contribution in [0.5, 0.6) is 0 Å². The first-order chi connectivity index (χ1) is 20.6. The summed E-state index contributed by atoms with van der Waals surface area (Å²) in [5.41, 5.74) is 3.98. The third-order valence-electron chi connectivity index (χ3n) is 9.09. The summed E-state index contributed by atoms with van der Waals surface area (Å²) in [7, 11) is 4.14. The van der Waals surface area contributed by atoms with E-state index in [2.05, 4.69) is 56.2 Å². The molecular formula is C32H41Br2N5O4. The smallest absolute Gasteiger partial charge is 0.410 e. The first kappa shape index (κ1) is 31.8. The molecule has 2 saturated heterocycles. The van der Waals surface area contributed by atoms with Crippen molar-refractivity contribution < 1.29 is 19.1 Å². The monoisotopic (exact) mass is 717 g/mol. The lowest BCUT2D eigenvalue weighted by atomic mass is 10.0. The molecule has 1 atom stereocenters. The molecule has 0 saturated carbocycles. The molecule has 232 valence electrons. The second-order valence-electron chi connectivity index (χ2n) is 12.0. The van der Waals surface area contributed by atoms with Crippen molar-refractivity contribution in [3.05, 3.63) is 62.0 Å². The van der Waals surface area contributed by atoms with Crippen molar-refractivity contribution in [1.82, 2.24) is 19.6 Å². The Bertz CT molecular complexity index is 1320. The van der Waals surface area contributed by atoms with Crippen molar-refractivity contribution >= 4 is 55.6 Å². The molecule has 2 aromatic carbocycles. The number of hydrogen-bond donors (Lipinski definition) is 1. The number of fused-ring (bicyclic) bond motifs is 1. The Hall–Kier alpha value is -2.63. The van der Waals surface area contributed by atoms with E-state index in [1.54, 1.807) is 4.90 Å². The number of rotatable bonds is 6. The lowest BCUT2D eigenvalue weighted by Crippen LogP contribution is -2.52. The van der Waals surface area contributed by atoms with Crippen molar-refractivity contribution in [2.75, 3.05) is 52.1 Å². The molecule has 3 aliphatic rings. The zero-order chi connectivity index (χ0) is 30.7. The van der Waals surface area contributed by atoms with Gasteiger partial charge in [0.05, 0.1) is 0 Å². The van der Waals surface area contributed by atoms with Gasteiger partial charge in [-0.3, -0.25) is 4.79 Å². The maximum absolute atomic E-state index is 13.8. The largest absolute Gasteiger partial charge is 0.436 e. The van der Waals surface area contributed by atoms with Crippen molar-refractivity contribution in [3.63, 3.8) is 0 Å². The number of carbonyl (C=O) groups excluding carboxylic acids is 3. The van der Waals surface area contributed by atoms with Gasteiger partial charge in [0.15, 0.2) is 6.10 Å². The standard InChI is InChI=1S/C32H41Br2N5O4/c1-21-26(33)18-22(19-27(21)34)20-29(30(40)37-13-9-24(10-14-37)36(2)3)43-32(42)38-15-11-25(12-16-38)39-17-8-23-6-4-5-7-28(23)35-31(39)41/h4-7,18-19,24-25,29H,8-17,20H2,1-3H3,(H,35,41)/t29-/m1/s1. The molecule has 4 amide bonds. The van der Waals surface area contributed by atoms with Crippen LogP contribution in [0.15, 0.2) is 45.3 Å².